The molecule has 3 heteroatoms. The van der Waals surface area contributed by atoms with E-state index >= 15 is 0 Å². The number of nitrogens with zero attached hydrogens (tertiary/aromatic N) is 1. The number of hydrogen-bond acceptors (Lipinski definition) is 2. The SMILES string of the molecule is CC(C)N1OP12(C)CCC2. The van der Waals surface area contributed by atoms with Gasteiger partial charge in [-0.15, -0.1) is 0 Å². The number of hydroxylamine groups is 1. The Morgan fingerprint density at radius 1 is 1.40 bits per heavy atom. The van der Waals surface area contributed by atoms with Gasteiger partial charge in [-0.25, -0.2) is 0 Å². The second-order valence-corrected chi connectivity index (χ2v) is 9.31. The third-order valence-electron chi connectivity index (χ3n) is 2.75. The summed E-state index contributed by atoms with van der Waals surface area (Å²) in [4.78, 5) is 2.27. The van der Waals surface area contributed by atoms with Crippen molar-refractivity contribution in [2.45, 2.75) is 26.3 Å². The van der Waals surface area contributed by atoms with Gasteiger partial charge in [-0.3, -0.25) is 0 Å². The fraction of sp³-hybridized carbons (Fsp3) is 1.00. The average Bonchev–Trinajstić information content (AvgIpc) is 2.39. The molecule has 1 unspecified atom stereocenters. The first-order valence-electron chi connectivity index (χ1n) is 4.06. The summed E-state index contributed by atoms with van der Waals surface area (Å²) in [5.74, 6) is 0. The molecule has 0 radical (unpaired) electrons. The van der Waals surface area contributed by atoms with E-state index in [1.165, 1.54) is 18.7 Å². The Balaban J connectivity index is 2.10. The van der Waals surface area contributed by atoms with Crippen molar-refractivity contribution >= 4 is 6.98 Å². The number of hydrogen-bond donors (Lipinski definition) is 0. The van der Waals surface area contributed by atoms with Crippen LogP contribution in [0.15, 0.2) is 0 Å². The van der Waals surface area contributed by atoms with E-state index in [1.807, 2.05) is 0 Å². The van der Waals surface area contributed by atoms with Crippen molar-refractivity contribution in [1.82, 2.24) is 4.83 Å². The van der Waals surface area contributed by atoms with E-state index in [-0.39, 0.29) is 0 Å². The molecule has 1 atom stereocenters. The molecule has 10 heavy (non-hydrogen) atoms. The Morgan fingerprint density at radius 3 is 2.10 bits per heavy atom. The van der Waals surface area contributed by atoms with Crippen LogP contribution in [-0.4, -0.2) is 29.9 Å². The summed E-state index contributed by atoms with van der Waals surface area (Å²) in [6, 6.07) is 0.600. The summed E-state index contributed by atoms with van der Waals surface area (Å²) in [6.45, 7) is 5.26. The van der Waals surface area contributed by atoms with Crippen LogP contribution in [0.4, 0.5) is 0 Å². The van der Waals surface area contributed by atoms with E-state index in [1.54, 1.807) is 0 Å². The Bertz CT molecular complexity index is 176. The first-order valence-corrected chi connectivity index (χ1v) is 6.98. The molecule has 0 aromatic carbocycles. The predicted molar refractivity (Wildman–Crippen MR) is 45.3 cm³/mol. The molecule has 2 aliphatic heterocycles. The van der Waals surface area contributed by atoms with E-state index in [4.69, 9.17) is 4.62 Å². The van der Waals surface area contributed by atoms with Crippen molar-refractivity contribution < 1.29 is 4.62 Å². The molecule has 2 saturated heterocycles. The maximum atomic E-state index is 5.75. The molecule has 0 aromatic heterocycles. The normalized spacial score (nSPS) is 44.0. The van der Waals surface area contributed by atoms with Crippen molar-refractivity contribution in [1.29, 1.82) is 0 Å². The molecule has 1 spiro atoms. The zero-order chi connectivity index (χ0) is 7.43. The van der Waals surface area contributed by atoms with Gasteiger partial charge in [-0.05, 0) is 0 Å². The molecule has 0 aromatic rings. The van der Waals surface area contributed by atoms with Crippen molar-refractivity contribution in [3.05, 3.63) is 0 Å². The Hall–Kier alpha value is 0.350. The topological polar surface area (TPSA) is 15.5 Å². The summed E-state index contributed by atoms with van der Waals surface area (Å²) in [5, 5.41) is 0. The second kappa shape index (κ2) is 1.57. The minimum atomic E-state index is -1.52. The van der Waals surface area contributed by atoms with E-state index in [0.29, 0.717) is 6.04 Å². The molecule has 2 nitrogen and oxygen atoms in total. The van der Waals surface area contributed by atoms with Crippen molar-refractivity contribution in [2.24, 2.45) is 0 Å². The van der Waals surface area contributed by atoms with Crippen LogP contribution in [0, 0.1) is 0 Å². The zero-order valence-corrected chi connectivity index (χ0v) is 7.90. The Labute approximate surface area is 62.6 Å². The van der Waals surface area contributed by atoms with Gasteiger partial charge in [0, 0.05) is 0 Å². The van der Waals surface area contributed by atoms with Gasteiger partial charge in [-0.2, -0.15) is 0 Å². The molecular weight excluding hydrogens is 145 g/mol. The molecule has 0 saturated carbocycles. The van der Waals surface area contributed by atoms with E-state index < -0.39 is 6.98 Å². The van der Waals surface area contributed by atoms with E-state index in [9.17, 15) is 0 Å². The predicted octanol–water partition coefficient (Wildman–Crippen LogP) is 2.06. The van der Waals surface area contributed by atoms with Crippen molar-refractivity contribution in [3.63, 3.8) is 0 Å². The van der Waals surface area contributed by atoms with E-state index in [2.05, 4.69) is 25.3 Å². The monoisotopic (exact) mass is 161 g/mol. The van der Waals surface area contributed by atoms with E-state index in [0.717, 1.165) is 0 Å². The second-order valence-electron chi connectivity index (χ2n) is 4.14. The fourth-order valence-corrected chi connectivity index (χ4v) is 6.51. The standard InChI is InChI=1S/C7H16NOP/c1-7(2)8-9-10(8,3)5-4-6-10/h7H,4-6H2,1-3H3. The van der Waals surface area contributed by atoms with Crippen LogP contribution in [0.3, 0.4) is 0 Å². The summed E-state index contributed by atoms with van der Waals surface area (Å²) in [6.07, 6.45) is 4.09. The third-order valence-corrected chi connectivity index (χ3v) is 7.84. The van der Waals surface area contributed by atoms with Gasteiger partial charge >= 0.3 is 61.7 Å². The first-order chi connectivity index (χ1) is 4.55. The molecule has 0 N–H and O–H groups in total. The molecule has 2 aliphatic rings. The summed E-state index contributed by atoms with van der Waals surface area (Å²) in [5.41, 5.74) is 0. The van der Waals surface area contributed by atoms with Gasteiger partial charge in [0.25, 0.3) is 0 Å². The quantitative estimate of drug-likeness (QED) is 0.432. The molecule has 2 heterocycles. The van der Waals surface area contributed by atoms with Gasteiger partial charge in [0.05, 0.1) is 0 Å². The average molecular weight is 161 g/mol. The van der Waals surface area contributed by atoms with Crippen LogP contribution in [-0.2, 0) is 4.62 Å². The molecule has 2 fully saturated rings. The van der Waals surface area contributed by atoms with Crippen LogP contribution in [0.25, 0.3) is 0 Å². The van der Waals surface area contributed by atoms with Crippen LogP contribution < -0.4 is 0 Å². The molecule has 0 amide bonds. The summed E-state index contributed by atoms with van der Waals surface area (Å²) >= 11 is 0. The van der Waals surface area contributed by atoms with Gasteiger partial charge in [0.2, 0.25) is 0 Å². The van der Waals surface area contributed by atoms with Gasteiger partial charge in [-0.1, -0.05) is 0 Å². The third kappa shape index (κ3) is 0.650. The van der Waals surface area contributed by atoms with Crippen molar-refractivity contribution in [2.75, 3.05) is 19.0 Å². The minimum absolute atomic E-state index is 0.600. The van der Waals surface area contributed by atoms with Gasteiger partial charge in [0.1, 0.15) is 0 Å². The number of rotatable bonds is 1. The Kier molecular flexibility index (Phi) is 1.11. The van der Waals surface area contributed by atoms with Gasteiger partial charge in [0.15, 0.2) is 0 Å². The maximum absolute atomic E-state index is 5.75. The molecule has 0 bridgehead atoms. The van der Waals surface area contributed by atoms with Gasteiger partial charge < -0.3 is 0 Å². The van der Waals surface area contributed by atoms with Crippen LogP contribution >= 0.6 is 6.98 Å². The summed E-state index contributed by atoms with van der Waals surface area (Å²) in [7, 11) is 0. The van der Waals surface area contributed by atoms with Crippen LogP contribution in [0.5, 0.6) is 0 Å². The van der Waals surface area contributed by atoms with Crippen LogP contribution in [0.1, 0.15) is 20.3 Å². The Morgan fingerprint density at radius 2 is 2.00 bits per heavy atom. The zero-order valence-electron chi connectivity index (χ0n) is 7.00. The molecule has 60 valence electrons. The molecular formula is C7H16NOP. The molecule has 2 rings (SSSR count). The first kappa shape index (κ1) is 7.02. The van der Waals surface area contributed by atoms with Crippen molar-refractivity contribution in [3.8, 4) is 0 Å². The van der Waals surface area contributed by atoms with Crippen LogP contribution in [0.2, 0.25) is 0 Å². The summed E-state index contributed by atoms with van der Waals surface area (Å²) < 4.78 is 5.75. The molecule has 0 aliphatic carbocycles. The fourth-order valence-electron chi connectivity index (χ4n) is 1.99.